The summed E-state index contributed by atoms with van der Waals surface area (Å²) in [6.07, 6.45) is 9.67. The Bertz CT molecular complexity index is 1070. The zero-order valence-electron chi connectivity index (χ0n) is 20.7. The fraction of sp³-hybridized carbons (Fsp3) is 0.321. The van der Waals surface area contributed by atoms with E-state index >= 15 is 0 Å². The minimum absolute atomic E-state index is 0.0634. The summed E-state index contributed by atoms with van der Waals surface area (Å²) in [6.45, 7) is 4.14. The van der Waals surface area contributed by atoms with E-state index in [9.17, 15) is 9.59 Å². The number of carbonyl (C=O) groups is 2. The van der Waals surface area contributed by atoms with Crippen molar-refractivity contribution in [1.29, 1.82) is 0 Å². The highest BCUT2D eigenvalue weighted by molar-refractivity contribution is 5.98. The minimum Gasteiger partial charge on any atom is -0.496 e. The van der Waals surface area contributed by atoms with E-state index in [0.717, 1.165) is 36.7 Å². The molecule has 0 aromatic heterocycles. The van der Waals surface area contributed by atoms with Gasteiger partial charge in [0.2, 0.25) is 0 Å². The lowest BCUT2D eigenvalue weighted by Gasteiger charge is -2.13. The molecule has 0 unspecified atom stereocenters. The highest BCUT2D eigenvalue weighted by Gasteiger charge is 2.18. The Morgan fingerprint density at radius 2 is 1.86 bits per heavy atom. The Morgan fingerprint density at radius 3 is 2.51 bits per heavy atom. The predicted molar refractivity (Wildman–Crippen MR) is 141 cm³/mol. The van der Waals surface area contributed by atoms with Crippen LogP contribution in [0.2, 0.25) is 0 Å². The van der Waals surface area contributed by atoms with Crippen molar-refractivity contribution in [3.8, 4) is 5.75 Å². The second-order valence-corrected chi connectivity index (χ2v) is 7.99. The van der Waals surface area contributed by atoms with E-state index < -0.39 is 0 Å². The van der Waals surface area contributed by atoms with Crippen LogP contribution >= 0.6 is 0 Å². The van der Waals surface area contributed by atoms with Gasteiger partial charge in [0, 0.05) is 38.5 Å². The number of methoxy groups -OCH3 is 1. The van der Waals surface area contributed by atoms with Crippen LogP contribution in [0.25, 0.3) is 5.57 Å². The molecule has 0 aliphatic heterocycles. The number of amides is 2. The maximum Gasteiger partial charge on any atom is 0.255 e. The Hall–Kier alpha value is -3.71. The molecule has 0 atom stereocenters. The number of ether oxygens (including phenoxy) is 1. The molecule has 2 aromatic carbocycles. The van der Waals surface area contributed by atoms with E-state index in [-0.39, 0.29) is 17.9 Å². The molecule has 0 bridgehead atoms. The van der Waals surface area contributed by atoms with Crippen molar-refractivity contribution in [3.05, 3.63) is 83.4 Å². The van der Waals surface area contributed by atoms with Crippen LogP contribution < -0.4 is 15.4 Å². The molecule has 7 heteroatoms. The lowest BCUT2D eigenvalue weighted by Crippen LogP contribution is -2.32. The molecular formula is C28H35N3O4. The SMILES string of the molecule is C=C/C(=C\C=NC)c1ccc(C(=O)NCc2cccc(C(=O)NC3CCCC3)c2)c(OC)c1.CO. The van der Waals surface area contributed by atoms with Gasteiger partial charge in [0.25, 0.3) is 11.8 Å². The molecule has 0 spiro atoms. The first kappa shape index (κ1) is 27.5. The lowest BCUT2D eigenvalue weighted by molar-refractivity contribution is 0.0935. The van der Waals surface area contributed by atoms with Crippen LogP contribution in [-0.2, 0) is 6.54 Å². The molecule has 0 radical (unpaired) electrons. The molecule has 186 valence electrons. The first-order valence-corrected chi connectivity index (χ1v) is 11.6. The summed E-state index contributed by atoms with van der Waals surface area (Å²) in [5.41, 5.74) is 3.64. The first-order valence-electron chi connectivity index (χ1n) is 11.6. The van der Waals surface area contributed by atoms with E-state index in [1.165, 1.54) is 20.0 Å². The molecule has 1 saturated carbocycles. The molecular weight excluding hydrogens is 442 g/mol. The van der Waals surface area contributed by atoms with Crippen molar-refractivity contribution in [3.63, 3.8) is 0 Å². The lowest BCUT2D eigenvalue weighted by atomic mass is 10.0. The van der Waals surface area contributed by atoms with Crippen LogP contribution in [0.5, 0.6) is 5.75 Å². The summed E-state index contributed by atoms with van der Waals surface area (Å²) in [6, 6.07) is 13.0. The van der Waals surface area contributed by atoms with Gasteiger partial charge in [-0.3, -0.25) is 14.6 Å². The number of nitrogens with zero attached hydrogens (tertiary/aromatic N) is 1. The van der Waals surface area contributed by atoms with Crippen molar-refractivity contribution in [2.45, 2.75) is 38.3 Å². The molecule has 1 aliphatic carbocycles. The van der Waals surface area contributed by atoms with Gasteiger partial charge < -0.3 is 20.5 Å². The van der Waals surface area contributed by atoms with Crippen LogP contribution in [0.15, 0.2) is 66.2 Å². The third-order valence-electron chi connectivity index (χ3n) is 5.74. The number of hydrogen-bond acceptors (Lipinski definition) is 5. The molecule has 2 aromatic rings. The van der Waals surface area contributed by atoms with Gasteiger partial charge in [-0.2, -0.15) is 0 Å². The van der Waals surface area contributed by atoms with Crippen molar-refractivity contribution >= 4 is 23.6 Å². The van der Waals surface area contributed by atoms with Crippen LogP contribution in [0.1, 0.15) is 57.5 Å². The summed E-state index contributed by atoms with van der Waals surface area (Å²) in [5, 5.41) is 13.0. The zero-order chi connectivity index (χ0) is 25.6. The highest BCUT2D eigenvalue weighted by Crippen LogP contribution is 2.25. The smallest absolute Gasteiger partial charge is 0.255 e. The number of allylic oxidation sites excluding steroid dienone is 3. The van der Waals surface area contributed by atoms with Gasteiger partial charge in [-0.1, -0.05) is 43.7 Å². The van der Waals surface area contributed by atoms with E-state index in [1.807, 2.05) is 30.3 Å². The average molecular weight is 478 g/mol. The molecule has 3 rings (SSSR count). The Balaban J connectivity index is 0.00000210. The maximum atomic E-state index is 12.8. The minimum atomic E-state index is -0.251. The Kier molecular flexibility index (Phi) is 11.4. The number of aliphatic hydroxyl groups is 1. The molecule has 35 heavy (non-hydrogen) atoms. The average Bonchev–Trinajstić information content (AvgIpc) is 3.42. The standard InChI is InChI=1S/C27H31N3O3.CH4O/c1-4-20(14-15-28-2)21-12-13-24(25(17-21)33-3)27(32)29-18-19-8-7-9-22(16-19)26(31)30-23-10-5-6-11-23;1-2/h4,7-9,12-17,23H,1,5-6,10-11,18H2,2-3H3,(H,29,32)(H,30,31);2H,1H3/b20-14+,28-15?;. The number of rotatable bonds is 9. The Morgan fingerprint density at radius 1 is 1.11 bits per heavy atom. The van der Waals surface area contributed by atoms with Crippen molar-refractivity contribution < 1.29 is 19.4 Å². The van der Waals surface area contributed by atoms with Crippen LogP contribution in [0.4, 0.5) is 0 Å². The molecule has 1 fully saturated rings. The van der Waals surface area contributed by atoms with Crippen LogP contribution in [0, 0.1) is 0 Å². The van der Waals surface area contributed by atoms with E-state index in [0.29, 0.717) is 23.4 Å². The third-order valence-corrected chi connectivity index (χ3v) is 5.74. The molecule has 1 aliphatic rings. The fourth-order valence-corrected chi connectivity index (χ4v) is 3.93. The normalized spacial score (nSPS) is 13.7. The first-order chi connectivity index (χ1) is 17.0. The number of nitrogens with one attached hydrogen (secondary N) is 2. The molecule has 7 nitrogen and oxygen atoms in total. The van der Waals surface area contributed by atoms with E-state index in [1.54, 1.807) is 37.5 Å². The number of hydrogen-bond donors (Lipinski definition) is 3. The summed E-state index contributed by atoms with van der Waals surface area (Å²) < 4.78 is 5.46. The Labute approximate surface area is 207 Å². The summed E-state index contributed by atoms with van der Waals surface area (Å²) in [7, 11) is 4.23. The van der Waals surface area contributed by atoms with Crippen molar-refractivity contribution in [1.82, 2.24) is 10.6 Å². The molecule has 0 saturated heterocycles. The number of aliphatic imine (C=N–C) groups is 1. The zero-order valence-corrected chi connectivity index (χ0v) is 20.7. The third kappa shape index (κ3) is 7.93. The second-order valence-electron chi connectivity index (χ2n) is 7.99. The number of aliphatic hydroxyl groups excluding tert-OH is 1. The van der Waals surface area contributed by atoms with Gasteiger partial charge in [-0.25, -0.2) is 0 Å². The number of carbonyl (C=O) groups excluding carboxylic acids is 2. The molecule has 3 N–H and O–H groups in total. The van der Waals surface area contributed by atoms with Gasteiger partial charge >= 0.3 is 0 Å². The van der Waals surface area contributed by atoms with E-state index in [2.05, 4.69) is 22.2 Å². The highest BCUT2D eigenvalue weighted by atomic mass is 16.5. The summed E-state index contributed by atoms with van der Waals surface area (Å²) >= 11 is 0. The van der Waals surface area contributed by atoms with Gasteiger partial charge in [-0.05, 0) is 59.9 Å². The van der Waals surface area contributed by atoms with Gasteiger partial charge in [0.1, 0.15) is 5.75 Å². The van der Waals surface area contributed by atoms with Crippen molar-refractivity contribution in [2.75, 3.05) is 21.3 Å². The number of benzene rings is 2. The molecule has 2 amide bonds. The quantitative estimate of drug-likeness (QED) is 0.373. The molecule has 0 heterocycles. The fourth-order valence-electron chi connectivity index (χ4n) is 3.93. The summed E-state index contributed by atoms with van der Waals surface area (Å²) in [5.74, 6) is 0.154. The second kappa shape index (κ2) is 14.5. The maximum absolute atomic E-state index is 12.8. The van der Waals surface area contributed by atoms with Crippen molar-refractivity contribution in [2.24, 2.45) is 4.99 Å². The van der Waals surface area contributed by atoms with Crippen LogP contribution in [-0.4, -0.2) is 50.4 Å². The predicted octanol–water partition coefficient (Wildman–Crippen LogP) is 4.18. The monoisotopic (exact) mass is 477 g/mol. The summed E-state index contributed by atoms with van der Waals surface area (Å²) in [4.78, 5) is 29.3. The van der Waals surface area contributed by atoms with Crippen LogP contribution in [0.3, 0.4) is 0 Å². The topological polar surface area (TPSA) is 100 Å². The van der Waals surface area contributed by atoms with Gasteiger partial charge in [0.05, 0.1) is 12.7 Å². The largest absolute Gasteiger partial charge is 0.496 e. The van der Waals surface area contributed by atoms with Gasteiger partial charge in [-0.15, -0.1) is 0 Å². The van der Waals surface area contributed by atoms with E-state index in [4.69, 9.17) is 9.84 Å². The van der Waals surface area contributed by atoms with Gasteiger partial charge in [0.15, 0.2) is 0 Å².